The molecule has 0 spiro atoms. The Morgan fingerprint density at radius 2 is 1.66 bits per heavy atom. The molecular formula is C31H38Cl4N6O3. The molecule has 9 nitrogen and oxygen atoms in total. The van der Waals surface area contributed by atoms with E-state index in [4.69, 9.17) is 38.0 Å². The first-order valence-electron chi connectivity index (χ1n) is 14.7. The van der Waals surface area contributed by atoms with Gasteiger partial charge in [0.25, 0.3) is 0 Å². The predicted octanol–water partition coefficient (Wildman–Crippen LogP) is 6.70. The number of carboxylic acids is 1. The van der Waals surface area contributed by atoms with Crippen molar-refractivity contribution in [3.05, 3.63) is 58.3 Å². The monoisotopic (exact) mass is 682 g/mol. The summed E-state index contributed by atoms with van der Waals surface area (Å²) < 4.78 is 6.21. The summed E-state index contributed by atoms with van der Waals surface area (Å²) in [5, 5.41) is 10.2. The number of hydrogen-bond acceptors (Lipinski definition) is 8. The van der Waals surface area contributed by atoms with Crippen LogP contribution >= 0.6 is 48.0 Å². The molecule has 1 N–H and O–H groups in total. The molecule has 1 aromatic carbocycles. The molecule has 3 aliphatic rings. The van der Waals surface area contributed by atoms with Crippen LogP contribution in [0.25, 0.3) is 11.3 Å². The Balaban J connectivity index is 0.00000221. The van der Waals surface area contributed by atoms with E-state index in [-0.39, 0.29) is 37.2 Å². The van der Waals surface area contributed by atoms with Crippen molar-refractivity contribution in [3.8, 4) is 22.9 Å². The summed E-state index contributed by atoms with van der Waals surface area (Å²) in [6.45, 7) is 5.49. The van der Waals surface area contributed by atoms with Gasteiger partial charge in [-0.05, 0) is 94.0 Å². The van der Waals surface area contributed by atoms with Crippen LogP contribution in [0.1, 0.15) is 37.7 Å². The number of anilines is 1. The Kier molecular flexibility index (Phi) is 12.0. The molecule has 0 unspecified atom stereocenters. The van der Waals surface area contributed by atoms with Gasteiger partial charge in [0.1, 0.15) is 0 Å². The van der Waals surface area contributed by atoms with Gasteiger partial charge >= 0.3 is 5.97 Å². The summed E-state index contributed by atoms with van der Waals surface area (Å²) in [7, 11) is 2.22. The van der Waals surface area contributed by atoms with E-state index in [0.717, 1.165) is 69.1 Å². The van der Waals surface area contributed by atoms with Crippen LogP contribution in [0.4, 0.5) is 5.95 Å². The van der Waals surface area contributed by atoms with Gasteiger partial charge in [0.15, 0.2) is 5.75 Å². The average Bonchev–Trinajstić information content (AvgIpc) is 3.33. The van der Waals surface area contributed by atoms with E-state index < -0.39 is 5.97 Å². The maximum Gasteiger partial charge on any atom is 0.303 e. The van der Waals surface area contributed by atoms with Crippen molar-refractivity contribution in [2.24, 2.45) is 11.8 Å². The highest BCUT2D eigenvalue weighted by molar-refractivity contribution is 6.35. The van der Waals surface area contributed by atoms with Crippen LogP contribution in [-0.2, 0) is 11.3 Å². The largest absolute Gasteiger partial charge is 0.481 e. The number of ether oxygens (including phenoxy) is 1. The molecule has 6 rings (SSSR count). The molecule has 3 fully saturated rings. The molecule has 0 saturated carbocycles. The fourth-order valence-corrected chi connectivity index (χ4v) is 7.18. The van der Waals surface area contributed by atoms with E-state index in [2.05, 4.69) is 31.7 Å². The van der Waals surface area contributed by atoms with E-state index in [0.29, 0.717) is 45.9 Å². The first-order valence-corrected chi connectivity index (χ1v) is 15.4. The summed E-state index contributed by atoms with van der Waals surface area (Å²) in [5.41, 5.74) is 2.53. The van der Waals surface area contributed by atoms with Gasteiger partial charge in [0, 0.05) is 53.8 Å². The van der Waals surface area contributed by atoms with Crippen LogP contribution in [0.2, 0.25) is 10.0 Å². The van der Waals surface area contributed by atoms with Gasteiger partial charge in [-0.2, -0.15) is 0 Å². The van der Waals surface area contributed by atoms with Gasteiger partial charge in [-0.1, -0.05) is 23.2 Å². The second-order valence-electron chi connectivity index (χ2n) is 11.8. The second kappa shape index (κ2) is 15.3. The third-order valence-corrected chi connectivity index (χ3v) is 9.27. The standard InChI is InChI=1S/C31H36Cl2N6O3.2ClH/c1-37-6-4-22-19-39(9-5-28(22)37)31-34-16-26(17-35-31)42-29-11-21(18-38-7-2-20(3-8-38)12-30(40)41)10-27(36-29)23-13-24(32)15-25(33)14-23;;/h10-11,13-17,20,22,28H,2-9,12,18-19H2,1H3,(H,40,41);2*1H/t22-,28-;;/m0../s1. The van der Waals surface area contributed by atoms with Gasteiger partial charge < -0.3 is 19.6 Å². The number of nitrogens with zero attached hydrogens (tertiary/aromatic N) is 6. The number of rotatable bonds is 8. The zero-order chi connectivity index (χ0) is 29.2. The first-order chi connectivity index (χ1) is 20.3. The molecule has 0 aliphatic carbocycles. The van der Waals surface area contributed by atoms with Crippen molar-refractivity contribution in [1.82, 2.24) is 24.8 Å². The van der Waals surface area contributed by atoms with E-state index >= 15 is 0 Å². The van der Waals surface area contributed by atoms with Crippen LogP contribution in [0.3, 0.4) is 0 Å². The van der Waals surface area contributed by atoms with Gasteiger partial charge in [-0.25, -0.2) is 15.0 Å². The fourth-order valence-electron chi connectivity index (χ4n) is 6.65. The molecule has 0 radical (unpaired) electrons. The highest BCUT2D eigenvalue weighted by Crippen LogP contribution is 2.33. The highest BCUT2D eigenvalue weighted by Gasteiger charge is 2.37. The number of aromatic nitrogens is 3. The van der Waals surface area contributed by atoms with Crippen LogP contribution in [0, 0.1) is 11.8 Å². The van der Waals surface area contributed by atoms with Gasteiger partial charge in [0.05, 0.1) is 18.1 Å². The Bertz CT molecular complexity index is 1400. The Morgan fingerprint density at radius 3 is 2.34 bits per heavy atom. The number of aliphatic carboxylic acids is 1. The lowest BCUT2D eigenvalue weighted by Gasteiger charge is -2.36. The molecule has 44 heavy (non-hydrogen) atoms. The molecule has 0 amide bonds. The zero-order valence-corrected chi connectivity index (χ0v) is 27.7. The number of carboxylic acid groups (broad SMARTS) is 1. The Labute approximate surface area is 280 Å². The van der Waals surface area contributed by atoms with E-state index in [9.17, 15) is 4.79 Å². The molecule has 3 saturated heterocycles. The smallest absolute Gasteiger partial charge is 0.303 e. The highest BCUT2D eigenvalue weighted by atomic mass is 35.5. The van der Waals surface area contributed by atoms with Crippen molar-refractivity contribution in [2.45, 2.75) is 44.7 Å². The molecule has 2 atom stereocenters. The number of pyridine rings is 1. The van der Waals surface area contributed by atoms with Crippen molar-refractivity contribution < 1.29 is 14.6 Å². The third kappa shape index (κ3) is 8.44. The quantitative estimate of drug-likeness (QED) is 0.278. The number of likely N-dealkylation sites (tertiary alicyclic amines) is 2. The van der Waals surface area contributed by atoms with Crippen molar-refractivity contribution in [2.75, 3.05) is 44.7 Å². The molecular weight excluding hydrogens is 646 g/mol. The van der Waals surface area contributed by atoms with E-state index in [1.54, 1.807) is 18.5 Å². The number of hydrogen-bond donors (Lipinski definition) is 1. The third-order valence-electron chi connectivity index (χ3n) is 8.83. The summed E-state index contributed by atoms with van der Waals surface area (Å²) >= 11 is 12.6. The van der Waals surface area contributed by atoms with Crippen molar-refractivity contribution in [1.29, 1.82) is 0 Å². The summed E-state index contributed by atoms with van der Waals surface area (Å²) in [6, 6.07) is 10.0. The normalized spacial score (nSPS) is 20.8. The second-order valence-corrected chi connectivity index (χ2v) is 12.7. The topological polar surface area (TPSA) is 94.9 Å². The Hall–Kier alpha value is -2.40. The predicted molar refractivity (Wildman–Crippen MR) is 178 cm³/mol. The zero-order valence-electron chi connectivity index (χ0n) is 24.6. The van der Waals surface area contributed by atoms with Crippen molar-refractivity contribution in [3.63, 3.8) is 0 Å². The van der Waals surface area contributed by atoms with Crippen LogP contribution in [0.15, 0.2) is 42.7 Å². The van der Waals surface area contributed by atoms with Crippen LogP contribution in [0.5, 0.6) is 11.6 Å². The molecule has 5 heterocycles. The minimum Gasteiger partial charge on any atom is -0.481 e. The number of benzene rings is 1. The lowest BCUT2D eigenvalue weighted by Crippen LogP contribution is -2.45. The molecule has 3 aromatic rings. The lowest BCUT2D eigenvalue weighted by atomic mass is 9.93. The lowest BCUT2D eigenvalue weighted by molar-refractivity contribution is -0.138. The Morgan fingerprint density at radius 1 is 0.955 bits per heavy atom. The number of halogens is 4. The molecule has 3 aliphatic heterocycles. The number of carbonyl (C=O) groups is 1. The van der Waals surface area contributed by atoms with Gasteiger partial charge in [-0.15, -0.1) is 24.8 Å². The van der Waals surface area contributed by atoms with Crippen LogP contribution in [-0.4, -0.2) is 81.6 Å². The molecule has 0 bridgehead atoms. The maximum atomic E-state index is 11.1. The van der Waals surface area contributed by atoms with Gasteiger partial charge in [-0.3, -0.25) is 9.69 Å². The molecule has 13 heteroatoms. The first kappa shape index (κ1) is 34.5. The summed E-state index contributed by atoms with van der Waals surface area (Å²) in [4.78, 5) is 32.3. The SMILES string of the molecule is CN1CC[C@H]2CN(c3ncc(Oc4cc(CN5CCC(CC(=O)O)CC5)cc(-c5cc(Cl)cc(Cl)c5)n4)cn3)CC[C@@H]21.Cl.Cl. The van der Waals surface area contributed by atoms with E-state index in [1.165, 1.54) is 6.42 Å². The minimum atomic E-state index is -0.725. The summed E-state index contributed by atoms with van der Waals surface area (Å²) in [5.74, 6) is 1.86. The molecule has 238 valence electrons. The molecule has 2 aromatic heterocycles. The average molecular weight is 684 g/mol. The number of fused-ring (bicyclic) bond motifs is 1. The maximum absolute atomic E-state index is 11.1. The van der Waals surface area contributed by atoms with Crippen LogP contribution < -0.4 is 9.64 Å². The summed E-state index contributed by atoms with van der Waals surface area (Å²) in [6.07, 6.45) is 7.76. The van der Waals surface area contributed by atoms with Gasteiger partial charge in [0.2, 0.25) is 11.8 Å². The van der Waals surface area contributed by atoms with Crippen molar-refractivity contribution >= 4 is 59.9 Å². The fraction of sp³-hybridized carbons (Fsp3) is 0.484. The van der Waals surface area contributed by atoms with E-state index in [1.807, 2.05) is 24.3 Å². The minimum absolute atomic E-state index is 0. The number of piperidine rings is 2.